The molecule has 0 spiro atoms. The van der Waals surface area contributed by atoms with E-state index in [9.17, 15) is 4.57 Å². The Bertz CT molecular complexity index is 173. The van der Waals surface area contributed by atoms with Gasteiger partial charge in [-0.3, -0.25) is 4.57 Å². The maximum atomic E-state index is 10.5. The third-order valence-electron chi connectivity index (χ3n) is 2.19. The van der Waals surface area contributed by atoms with Gasteiger partial charge in [0.15, 0.2) is 0 Å². The van der Waals surface area contributed by atoms with Crippen molar-refractivity contribution in [3.8, 4) is 0 Å². The lowest BCUT2D eigenvalue weighted by Gasteiger charge is -2.22. The van der Waals surface area contributed by atoms with Crippen LogP contribution in [0.2, 0.25) is 0 Å². The fourth-order valence-electron chi connectivity index (χ4n) is 1.55. The molecule has 0 aromatic heterocycles. The van der Waals surface area contributed by atoms with Crippen LogP contribution in [0.5, 0.6) is 0 Å². The molecule has 5 heteroatoms. The Kier molecular flexibility index (Phi) is 3.72. The summed E-state index contributed by atoms with van der Waals surface area (Å²) in [5.74, 6) is 0. The van der Waals surface area contributed by atoms with Crippen LogP contribution in [-0.2, 0) is 4.57 Å². The zero-order chi connectivity index (χ0) is 9.03. The zero-order valence-electron chi connectivity index (χ0n) is 7.07. The second kappa shape index (κ2) is 4.38. The van der Waals surface area contributed by atoms with Crippen LogP contribution in [-0.4, -0.2) is 22.1 Å². The third-order valence-corrected chi connectivity index (χ3v) is 2.79. The Morgan fingerprint density at radius 3 is 2.33 bits per heavy atom. The molecular formula is C7H16NO3P. The molecule has 0 aliphatic heterocycles. The highest BCUT2D eigenvalue weighted by Crippen LogP contribution is 2.33. The molecule has 1 saturated carbocycles. The number of nitrogens with one attached hydrogen (secondary N) is 1. The Hall–Kier alpha value is 0.110. The molecule has 72 valence electrons. The van der Waals surface area contributed by atoms with Gasteiger partial charge in [-0.05, 0) is 12.8 Å². The van der Waals surface area contributed by atoms with Crippen molar-refractivity contribution in [2.24, 2.45) is 0 Å². The van der Waals surface area contributed by atoms with E-state index in [0.29, 0.717) is 6.04 Å². The van der Waals surface area contributed by atoms with E-state index >= 15 is 0 Å². The highest BCUT2D eigenvalue weighted by Gasteiger charge is 2.17. The first-order valence-corrected chi connectivity index (χ1v) is 6.16. The van der Waals surface area contributed by atoms with Crippen molar-refractivity contribution in [3.63, 3.8) is 0 Å². The van der Waals surface area contributed by atoms with E-state index in [-0.39, 0.29) is 6.29 Å². The smallest absolute Gasteiger partial charge is 0.324 e. The summed E-state index contributed by atoms with van der Waals surface area (Å²) in [6.07, 6.45) is 5.56. The van der Waals surface area contributed by atoms with E-state index in [2.05, 4.69) is 5.32 Å². The van der Waals surface area contributed by atoms with Gasteiger partial charge in [-0.15, -0.1) is 0 Å². The molecule has 4 nitrogen and oxygen atoms in total. The molecule has 0 heterocycles. The Labute approximate surface area is 72.5 Å². The van der Waals surface area contributed by atoms with E-state index in [1.807, 2.05) is 0 Å². The normalized spacial score (nSPS) is 21.2. The molecule has 12 heavy (non-hydrogen) atoms. The highest BCUT2D eigenvalue weighted by molar-refractivity contribution is 7.51. The maximum absolute atomic E-state index is 10.5. The van der Waals surface area contributed by atoms with Crippen LogP contribution in [0, 0.1) is 0 Å². The second-order valence-corrected chi connectivity index (χ2v) is 5.01. The summed E-state index contributed by atoms with van der Waals surface area (Å²) < 4.78 is 10.5. The topological polar surface area (TPSA) is 69.6 Å². The summed E-state index contributed by atoms with van der Waals surface area (Å²) in [6, 6.07) is 0.325. The molecule has 3 N–H and O–H groups in total. The lowest BCUT2D eigenvalue weighted by molar-refractivity contribution is 0.344. The predicted molar refractivity (Wildman–Crippen MR) is 46.9 cm³/mol. The molecule has 0 bridgehead atoms. The average Bonchev–Trinajstić information content (AvgIpc) is 2.02. The van der Waals surface area contributed by atoms with Crippen molar-refractivity contribution in [2.45, 2.75) is 38.1 Å². The summed E-state index contributed by atoms with van der Waals surface area (Å²) >= 11 is 0. The van der Waals surface area contributed by atoms with Gasteiger partial charge in [0, 0.05) is 6.04 Å². The van der Waals surface area contributed by atoms with Crippen LogP contribution < -0.4 is 5.32 Å². The van der Waals surface area contributed by atoms with E-state index < -0.39 is 7.60 Å². The van der Waals surface area contributed by atoms with Crippen molar-refractivity contribution < 1.29 is 14.4 Å². The first-order valence-electron chi connectivity index (χ1n) is 4.36. The molecule has 0 saturated heterocycles. The molecule has 1 fully saturated rings. The van der Waals surface area contributed by atoms with Crippen LogP contribution >= 0.6 is 7.60 Å². The molecular weight excluding hydrogens is 177 g/mol. The van der Waals surface area contributed by atoms with Crippen LogP contribution in [0.25, 0.3) is 0 Å². The number of hydrogen-bond donors (Lipinski definition) is 3. The summed E-state index contributed by atoms with van der Waals surface area (Å²) in [5, 5.41) is 2.90. The summed E-state index contributed by atoms with van der Waals surface area (Å²) in [6.45, 7) is 0. The van der Waals surface area contributed by atoms with Crippen molar-refractivity contribution in [3.05, 3.63) is 0 Å². The zero-order valence-corrected chi connectivity index (χ0v) is 7.96. The second-order valence-electron chi connectivity index (χ2n) is 3.36. The number of hydrogen-bond acceptors (Lipinski definition) is 2. The minimum absolute atomic E-state index is 0.169. The van der Waals surface area contributed by atoms with Gasteiger partial charge in [0.05, 0.1) is 6.29 Å². The third kappa shape index (κ3) is 4.21. The molecule has 1 aliphatic carbocycles. The first-order chi connectivity index (χ1) is 5.58. The predicted octanol–water partition coefficient (Wildman–Crippen LogP) is 1.04. The first kappa shape index (κ1) is 10.2. The average molecular weight is 193 g/mol. The van der Waals surface area contributed by atoms with Crippen molar-refractivity contribution in [2.75, 3.05) is 6.29 Å². The standard InChI is InChI=1S/C7H16NO3P/c9-12(10,11)6-8-7-4-2-1-3-5-7/h7-8H,1-6H2,(H2,9,10,11). The fourth-order valence-corrected chi connectivity index (χ4v) is 2.05. The van der Waals surface area contributed by atoms with E-state index in [1.165, 1.54) is 19.3 Å². The number of rotatable bonds is 3. The van der Waals surface area contributed by atoms with E-state index in [0.717, 1.165) is 12.8 Å². The maximum Gasteiger partial charge on any atom is 0.339 e. The molecule has 1 aliphatic rings. The van der Waals surface area contributed by atoms with Crippen LogP contribution in [0.4, 0.5) is 0 Å². The van der Waals surface area contributed by atoms with Gasteiger partial charge in [-0.1, -0.05) is 19.3 Å². The molecule has 0 aromatic carbocycles. The summed E-state index contributed by atoms with van der Waals surface area (Å²) in [4.78, 5) is 17.2. The lowest BCUT2D eigenvalue weighted by Crippen LogP contribution is -2.31. The van der Waals surface area contributed by atoms with Gasteiger partial charge in [-0.25, -0.2) is 0 Å². The SMILES string of the molecule is O=P(O)(O)CNC1CCCCC1. The van der Waals surface area contributed by atoms with Gasteiger partial charge in [0.25, 0.3) is 0 Å². The molecule has 0 radical (unpaired) electrons. The molecule has 0 unspecified atom stereocenters. The van der Waals surface area contributed by atoms with Crippen LogP contribution in [0.1, 0.15) is 32.1 Å². The summed E-state index contributed by atoms with van der Waals surface area (Å²) in [7, 11) is -3.84. The van der Waals surface area contributed by atoms with Gasteiger partial charge >= 0.3 is 7.60 Å². The summed E-state index contributed by atoms with van der Waals surface area (Å²) in [5.41, 5.74) is 0. The quantitative estimate of drug-likeness (QED) is 0.586. The van der Waals surface area contributed by atoms with Crippen LogP contribution in [0.3, 0.4) is 0 Å². The molecule has 0 atom stereocenters. The highest BCUT2D eigenvalue weighted by atomic mass is 31.2. The van der Waals surface area contributed by atoms with E-state index in [4.69, 9.17) is 9.79 Å². The molecule has 0 aromatic rings. The Morgan fingerprint density at radius 2 is 1.83 bits per heavy atom. The van der Waals surface area contributed by atoms with Crippen molar-refractivity contribution >= 4 is 7.60 Å². The minimum atomic E-state index is -3.84. The largest absolute Gasteiger partial charge is 0.339 e. The van der Waals surface area contributed by atoms with Gasteiger partial charge < -0.3 is 15.1 Å². The van der Waals surface area contributed by atoms with Crippen molar-refractivity contribution in [1.82, 2.24) is 5.32 Å². The molecule has 1 rings (SSSR count). The Morgan fingerprint density at radius 1 is 1.25 bits per heavy atom. The molecule has 0 amide bonds. The monoisotopic (exact) mass is 193 g/mol. The fraction of sp³-hybridized carbons (Fsp3) is 1.00. The van der Waals surface area contributed by atoms with Gasteiger partial charge in [-0.2, -0.15) is 0 Å². The minimum Gasteiger partial charge on any atom is -0.324 e. The van der Waals surface area contributed by atoms with Crippen LogP contribution in [0.15, 0.2) is 0 Å². The van der Waals surface area contributed by atoms with Gasteiger partial charge in [0.1, 0.15) is 0 Å². The Balaban J connectivity index is 2.17. The van der Waals surface area contributed by atoms with E-state index in [1.54, 1.807) is 0 Å². The van der Waals surface area contributed by atoms with Gasteiger partial charge in [0.2, 0.25) is 0 Å². The van der Waals surface area contributed by atoms with Crippen molar-refractivity contribution in [1.29, 1.82) is 0 Å². The lowest BCUT2D eigenvalue weighted by atomic mass is 9.96.